The summed E-state index contributed by atoms with van der Waals surface area (Å²) in [5.74, 6) is -8.83. The number of nitrogens with zero attached hydrogens (tertiary/aromatic N) is 1. The quantitative estimate of drug-likeness (QED) is 0.310. The number of hydrogen-bond acceptors (Lipinski definition) is 9. The van der Waals surface area contributed by atoms with Gasteiger partial charge in [0.2, 0.25) is 5.78 Å². The van der Waals surface area contributed by atoms with Gasteiger partial charge >= 0.3 is 6.18 Å². The van der Waals surface area contributed by atoms with Crippen LogP contribution < -0.4 is 5.73 Å². The predicted octanol–water partition coefficient (Wildman–Crippen LogP) is 2.46. The van der Waals surface area contributed by atoms with Crippen molar-refractivity contribution in [3.05, 3.63) is 51.0 Å². The van der Waals surface area contributed by atoms with Crippen LogP contribution in [0.1, 0.15) is 53.7 Å². The van der Waals surface area contributed by atoms with Crippen LogP contribution in [0.4, 0.5) is 13.2 Å². The van der Waals surface area contributed by atoms with Crippen molar-refractivity contribution >= 4 is 17.5 Å². The highest BCUT2D eigenvalue weighted by Gasteiger charge is 2.60. The molecule has 0 radical (unpaired) electrons. The maximum Gasteiger partial charge on any atom is 0.417 e. The highest BCUT2D eigenvalue weighted by molar-refractivity contribution is 6.24. The zero-order chi connectivity index (χ0) is 29.9. The molecule has 3 atom stereocenters. The summed E-state index contributed by atoms with van der Waals surface area (Å²) in [5.41, 5.74) is -1.56. The van der Waals surface area contributed by atoms with Gasteiger partial charge in [0.05, 0.1) is 23.8 Å². The van der Waals surface area contributed by atoms with Gasteiger partial charge in [-0.2, -0.15) is 13.2 Å². The van der Waals surface area contributed by atoms with Crippen molar-refractivity contribution in [2.45, 2.75) is 57.5 Å². The summed E-state index contributed by atoms with van der Waals surface area (Å²) in [5, 5.41) is 43.3. The average molecular weight is 569 g/mol. The molecule has 1 aromatic rings. The Kier molecular flexibility index (Phi) is 7.54. The van der Waals surface area contributed by atoms with E-state index in [-0.39, 0.29) is 31.2 Å². The Morgan fingerprint density at radius 1 is 1.23 bits per heavy atom. The number of ether oxygens (including phenoxy) is 1. The molecule has 218 valence electrons. The number of amides is 1. The number of aliphatic hydroxyl groups excluding tert-OH is 2. The molecule has 0 fully saturated rings. The molecule has 0 spiro atoms. The first kappa shape index (κ1) is 29.6. The lowest BCUT2D eigenvalue weighted by atomic mass is 9.60. The van der Waals surface area contributed by atoms with Gasteiger partial charge in [-0.1, -0.05) is 0 Å². The maximum absolute atomic E-state index is 14.5. The van der Waals surface area contributed by atoms with E-state index in [4.69, 9.17) is 10.5 Å². The first-order chi connectivity index (χ1) is 18.5. The Balaban J connectivity index is 1.81. The summed E-state index contributed by atoms with van der Waals surface area (Å²) in [6, 6.07) is 0.857. The summed E-state index contributed by atoms with van der Waals surface area (Å²) in [6.07, 6.45) is -6.15. The van der Waals surface area contributed by atoms with Crippen LogP contribution in [0.2, 0.25) is 0 Å². The van der Waals surface area contributed by atoms with Gasteiger partial charge in [0.25, 0.3) is 5.91 Å². The van der Waals surface area contributed by atoms with Crippen molar-refractivity contribution in [2.24, 2.45) is 17.6 Å². The minimum atomic E-state index is -4.90. The van der Waals surface area contributed by atoms with Crippen molar-refractivity contribution in [1.29, 1.82) is 0 Å². The molecule has 0 aliphatic heterocycles. The fourth-order valence-electron chi connectivity index (χ4n) is 6.05. The molecular formula is C27H31F3N2O8. The molecule has 0 aromatic heterocycles. The number of phenolic OH excluding ortho intramolecular Hbond substituents is 1. The van der Waals surface area contributed by atoms with E-state index in [9.17, 15) is 48.0 Å². The molecule has 4 rings (SSSR count). The van der Waals surface area contributed by atoms with Crippen LogP contribution in [0.5, 0.6) is 5.75 Å². The lowest BCUT2D eigenvalue weighted by molar-refractivity contribution is -0.144. The van der Waals surface area contributed by atoms with Crippen LogP contribution in [0.15, 0.2) is 28.7 Å². The molecule has 1 amide bonds. The summed E-state index contributed by atoms with van der Waals surface area (Å²) in [7, 11) is 1.59. The van der Waals surface area contributed by atoms with E-state index in [2.05, 4.69) is 0 Å². The Morgan fingerprint density at radius 2 is 1.88 bits per heavy atom. The Hall–Kier alpha value is -3.42. The smallest absolute Gasteiger partial charge is 0.417 e. The van der Waals surface area contributed by atoms with Crippen LogP contribution in [-0.2, 0) is 33.5 Å². The molecule has 1 aromatic carbocycles. The number of phenols is 1. The first-order valence-corrected chi connectivity index (χ1v) is 12.7. The van der Waals surface area contributed by atoms with E-state index < -0.39 is 99.0 Å². The van der Waals surface area contributed by atoms with Gasteiger partial charge in [-0.25, -0.2) is 0 Å². The zero-order valence-corrected chi connectivity index (χ0v) is 22.1. The molecule has 3 aliphatic rings. The second kappa shape index (κ2) is 10.2. The van der Waals surface area contributed by atoms with Gasteiger partial charge in [0, 0.05) is 31.0 Å². The number of halogens is 3. The lowest BCUT2D eigenvalue weighted by Crippen LogP contribution is -2.57. The number of hydrogen-bond donors (Lipinski definition) is 5. The van der Waals surface area contributed by atoms with E-state index in [0.29, 0.717) is 6.54 Å². The second-order valence-electron chi connectivity index (χ2n) is 10.8. The summed E-state index contributed by atoms with van der Waals surface area (Å²) < 4.78 is 48.9. The fraction of sp³-hybridized carbons (Fsp3) is 0.519. The van der Waals surface area contributed by atoms with E-state index >= 15 is 0 Å². The highest BCUT2D eigenvalue weighted by atomic mass is 19.4. The summed E-state index contributed by atoms with van der Waals surface area (Å²) in [4.78, 5) is 39.9. The number of alkyl halides is 3. The summed E-state index contributed by atoms with van der Waals surface area (Å²) in [6.45, 7) is 4.00. The molecule has 10 nitrogen and oxygen atoms in total. The normalized spacial score (nSPS) is 24.9. The number of allylic oxidation sites excluding steroid dienone is 2. The Morgan fingerprint density at radius 3 is 2.45 bits per heavy atom. The predicted molar refractivity (Wildman–Crippen MR) is 133 cm³/mol. The van der Waals surface area contributed by atoms with Crippen LogP contribution in [0.25, 0.3) is 0 Å². The third-order valence-electron chi connectivity index (χ3n) is 7.79. The maximum atomic E-state index is 14.5. The molecule has 1 unspecified atom stereocenters. The number of likely N-dealkylation sites (N-methyl/N-ethyl adjacent to an activating group) is 1. The Labute approximate surface area is 227 Å². The molecular weight excluding hydrogens is 537 g/mol. The number of carbonyl (C=O) groups is 3. The van der Waals surface area contributed by atoms with Crippen LogP contribution in [0.3, 0.4) is 0 Å². The van der Waals surface area contributed by atoms with Crippen molar-refractivity contribution in [2.75, 3.05) is 20.2 Å². The first-order valence-electron chi connectivity index (χ1n) is 12.7. The molecule has 0 heterocycles. The standard InChI is InChI=1S/C27H31F3N2O8/c1-11(2)40-5-4-32(3)10-13-8-16(33)19-15(21(13)27(28,29)30)7-12-6-14-9-17(34)20(25(31)38)24(37)26(14,39)23(36)18(12)22(19)35/h8,11-12,14,33-34,36,39H,4-7,9-10H2,1-3H3,(H2,31,38)/t12?,14-,26-/m0/s1. The number of fused-ring (bicyclic) bond motifs is 3. The lowest BCUT2D eigenvalue weighted by Gasteiger charge is -2.45. The van der Waals surface area contributed by atoms with Gasteiger partial charge in [0.1, 0.15) is 22.8 Å². The fourth-order valence-corrected chi connectivity index (χ4v) is 6.05. The SMILES string of the molecule is CC(C)OCCN(C)Cc1cc(O)c2c(c1C(F)(F)F)CC1C[C@H]3CC(O)=C(C(N)=O)C(=O)[C@@]3(O)C(O)=C1C2=O. The van der Waals surface area contributed by atoms with E-state index in [1.165, 1.54) is 0 Å². The molecule has 0 saturated heterocycles. The number of Topliss-reactive ketones (excluding diaryl/α,β-unsaturated/α-hetero) is 2. The molecule has 40 heavy (non-hydrogen) atoms. The molecule has 13 heteroatoms. The van der Waals surface area contributed by atoms with Crippen molar-refractivity contribution in [3.63, 3.8) is 0 Å². The largest absolute Gasteiger partial charge is 0.511 e. The van der Waals surface area contributed by atoms with Crippen LogP contribution in [-0.4, -0.2) is 74.7 Å². The Bertz CT molecular complexity index is 1350. The topological polar surface area (TPSA) is 171 Å². The van der Waals surface area contributed by atoms with Crippen LogP contribution in [0, 0.1) is 11.8 Å². The number of aromatic hydroxyl groups is 1. The van der Waals surface area contributed by atoms with Crippen molar-refractivity contribution in [3.8, 4) is 5.75 Å². The third kappa shape index (κ3) is 4.75. The van der Waals surface area contributed by atoms with E-state index in [1.807, 2.05) is 13.8 Å². The second-order valence-corrected chi connectivity index (χ2v) is 10.8. The monoisotopic (exact) mass is 568 g/mol. The van der Waals surface area contributed by atoms with Crippen molar-refractivity contribution in [1.82, 2.24) is 4.90 Å². The van der Waals surface area contributed by atoms with E-state index in [0.717, 1.165) is 6.07 Å². The minimum absolute atomic E-state index is 0.0657. The number of benzene rings is 1. The van der Waals surface area contributed by atoms with E-state index in [1.54, 1.807) is 11.9 Å². The summed E-state index contributed by atoms with van der Waals surface area (Å²) >= 11 is 0. The molecule has 0 bridgehead atoms. The van der Waals surface area contributed by atoms with Crippen LogP contribution >= 0.6 is 0 Å². The molecule has 0 saturated carbocycles. The number of aliphatic hydroxyl groups is 3. The van der Waals surface area contributed by atoms with Gasteiger partial charge in [-0.15, -0.1) is 0 Å². The molecule has 6 N–H and O–H groups in total. The minimum Gasteiger partial charge on any atom is -0.511 e. The number of carbonyl (C=O) groups excluding carboxylic acids is 3. The van der Waals surface area contributed by atoms with Crippen molar-refractivity contribution < 1.29 is 52.7 Å². The van der Waals surface area contributed by atoms with Gasteiger partial charge in [0.15, 0.2) is 11.4 Å². The zero-order valence-electron chi connectivity index (χ0n) is 22.1. The van der Waals surface area contributed by atoms with Gasteiger partial charge in [-0.3, -0.25) is 19.3 Å². The van der Waals surface area contributed by atoms with Gasteiger partial charge < -0.3 is 30.9 Å². The van der Waals surface area contributed by atoms with Gasteiger partial charge in [-0.05, 0) is 56.8 Å². The third-order valence-corrected chi connectivity index (χ3v) is 7.79. The number of rotatable bonds is 7. The number of nitrogens with two attached hydrogens (primary N) is 1. The molecule has 3 aliphatic carbocycles. The number of primary amides is 1. The highest BCUT2D eigenvalue weighted by Crippen LogP contribution is 2.53. The number of ketones is 2. The average Bonchev–Trinajstić information content (AvgIpc) is 2.79.